The van der Waals surface area contributed by atoms with Crippen LogP contribution < -0.4 is 0 Å². The van der Waals surface area contributed by atoms with Gasteiger partial charge in [-0.1, -0.05) is 13.8 Å². The normalized spacial score (nSPS) is 53.9. The zero-order valence-electron chi connectivity index (χ0n) is 15.8. The molecule has 0 aromatic heterocycles. The minimum Gasteiger partial charge on any atom is -0.504 e. The lowest BCUT2D eigenvalue weighted by Gasteiger charge is -2.59. The number of hydrogen-bond donors (Lipinski definition) is 1. The van der Waals surface area contributed by atoms with Gasteiger partial charge in [0.25, 0.3) is 0 Å². The van der Waals surface area contributed by atoms with Crippen LogP contribution in [0.5, 0.6) is 0 Å². The number of carbonyl (C=O) groups excluding carboxylic acids is 3. The van der Waals surface area contributed by atoms with Crippen LogP contribution in [-0.4, -0.2) is 29.8 Å². The Kier molecular flexibility index (Phi) is 2.70. The number of carbonyl (C=O) groups is 3. The van der Waals surface area contributed by atoms with Crippen LogP contribution in [0.25, 0.3) is 0 Å². The summed E-state index contributed by atoms with van der Waals surface area (Å²) in [6.07, 6.45) is 2.85. The van der Waals surface area contributed by atoms with Crippen LogP contribution in [0, 0.1) is 39.4 Å². The van der Waals surface area contributed by atoms with Crippen molar-refractivity contribution in [2.45, 2.75) is 52.9 Å². The Labute approximate surface area is 153 Å². The van der Waals surface area contributed by atoms with Gasteiger partial charge in [-0.15, -0.1) is 0 Å². The van der Waals surface area contributed by atoms with Gasteiger partial charge >= 0.3 is 5.97 Å². The Balaban J connectivity index is 1.74. The summed E-state index contributed by atoms with van der Waals surface area (Å²) >= 11 is 0. The zero-order valence-corrected chi connectivity index (χ0v) is 15.8. The van der Waals surface area contributed by atoms with E-state index in [1.165, 1.54) is 7.11 Å². The molecule has 4 bridgehead atoms. The molecule has 6 aliphatic rings. The van der Waals surface area contributed by atoms with E-state index in [0.29, 0.717) is 23.8 Å². The van der Waals surface area contributed by atoms with Gasteiger partial charge in [0.05, 0.1) is 12.5 Å². The second kappa shape index (κ2) is 4.26. The molecule has 6 aliphatic carbocycles. The molecule has 7 atom stereocenters. The smallest absolute Gasteiger partial charge is 0.316 e. The highest BCUT2D eigenvalue weighted by molar-refractivity contribution is 6.04. The first-order chi connectivity index (χ1) is 12.0. The third kappa shape index (κ3) is 1.47. The Hall–Kier alpha value is -1.65. The zero-order chi connectivity index (χ0) is 18.9. The molecule has 2 unspecified atom stereocenters. The summed E-state index contributed by atoms with van der Waals surface area (Å²) in [6.45, 7) is 5.91. The molecular weight excluding hydrogens is 332 g/mol. The molecule has 6 rings (SSSR count). The van der Waals surface area contributed by atoms with Gasteiger partial charge in [0.15, 0.2) is 5.76 Å². The summed E-state index contributed by atoms with van der Waals surface area (Å²) in [5.74, 6) is 0.244. The Morgan fingerprint density at radius 3 is 2.42 bits per heavy atom. The highest BCUT2D eigenvalue weighted by Crippen LogP contribution is 2.84. The largest absolute Gasteiger partial charge is 0.504 e. The van der Waals surface area contributed by atoms with E-state index in [0.717, 1.165) is 19.3 Å². The van der Waals surface area contributed by atoms with Crippen LogP contribution in [0.15, 0.2) is 11.3 Å². The number of aliphatic hydroxyl groups excluding tert-OH is 1. The van der Waals surface area contributed by atoms with Gasteiger partial charge in [0.2, 0.25) is 5.78 Å². The molecule has 0 radical (unpaired) electrons. The lowest BCUT2D eigenvalue weighted by atomic mass is 9.42. The number of Topliss-reactive ketones (excluding diaryl/α,β-unsaturated/α-hetero) is 2. The number of ketones is 2. The maximum absolute atomic E-state index is 13.4. The molecule has 0 aliphatic heterocycles. The SMILES string of the molecule is COC(=O)[C@]1(C)CC(=O)C[C@]2(C)C1=C(O)C(=O)[C@@]13C[C@@H]4C(C[C@H]12)C4(C)C3. The van der Waals surface area contributed by atoms with E-state index in [-0.39, 0.29) is 35.1 Å². The molecule has 5 saturated carbocycles. The first-order valence-corrected chi connectivity index (χ1v) is 9.64. The van der Waals surface area contributed by atoms with Crippen LogP contribution in [0.4, 0.5) is 0 Å². The van der Waals surface area contributed by atoms with E-state index in [1.807, 2.05) is 6.92 Å². The quantitative estimate of drug-likeness (QED) is 0.729. The summed E-state index contributed by atoms with van der Waals surface area (Å²) in [7, 11) is 1.29. The lowest BCUT2D eigenvalue weighted by molar-refractivity contribution is -0.161. The standard InChI is InChI=1S/C21H26O5/c1-18-6-10(22)7-19(2,17(25)26-4)15(18)14(23)16(24)21-8-12-11(5-13(18)21)20(12,3)9-21/h11-13,23H,5-9H2,1-4H3/t11?,12-,13+,18+,19-,20?,21-/m1/s1. The van der Waals surface area contributed by atoms with Crippen LogP contribution in [0.2, 0.25) is 0 Å². The van der Waals surface area contributed by atoms with Crippen molar-refractivity contribution in [2.24, 2.45) is 39.4 Å². The van der Waals surface area contributed by atoms with Gasteiger partial charge in [0.1, 0.15) is 5.78 Å². The van der Waals surface area contributed by atoms with Gasteiger partial charge in [0, 0.05) is 23.7 Å². The van der Waals surface area contributed by atoms with Crippen molar-refractivity contribution in [2.75, 3.05) is 7.11 Å². The van der Waals surface area contributed by atoms with E-state index in [4.69, 9.17) is 4.74 Å². The van der Waals surface area contributed by atoms with Crippen molar-refractivity contribution in [1.29, 1.82) is 0 Å². The van der Waals surface area contributed by atoms with Crippen molar-refractivity contribution in [1.82, 2.24) is 0 Å². The molecule has 0 amide bonds. The van der Waals surface area contributed by atoms with Gasteiger partial charge in [-0.25, -0.2) is 0 Å². The molecule has 5 fully saturated rings. The highest BCUT2D eigenvalue weighted by Gasteiger charge is 2.81. The number of hydrogen-bond acceptors (Lipinski definition) is 5. The number of aliphatic hydroxyl groups is 1. The number of rotatable bonds is 1. The number of esters is 1. The molecule has 0 aromatic carbocycles. The first kappa shape index (κ1) is 16.5. The van der Waals surface area contributed by atoms with Gasteiger partial charge in [-0.05, 0) is 54.9 Å². The molecule has 1 N–H and O–H groups in total. The fraction of sp³-hybridized carbons (Fsp3) is 0.762. The maximum Gasteiger partial charge on any atom is 0.316 e. The average molecular weight is 358 g/mol. The van der Waals surface area contributed by atoms with Crippen LogP contribution in [0.3, 0.4) is 0 Å². The number of fused-ring (bicyclic) bond motifs is 1. The summed E-state index contributed by atoms with van der Waals surface area (Å²) in [4.78, 5) is 38.7. The van der Waals surface area contributed by atoms with Crippen LogP contribution in [0.1, 0.15) is 52.9 Å². The molecule has 140 valence electrons. The molecule has 5 heteroatoms. The van der Waals surface area contributed by atoms with Crippen molar-refractivity contribution < 1.29 is 24.2 Å². The van der Waals surface area contributed by atoms with E-state index in [9.17, 15) is 19.5 Å². The van der Waals surface area contributed by atoms with Gasteiger partial charge in [-0.3, -0.25) is 14.4 Å². The molecular formula is C21H26O5. The monoisotopic (exact) mass is 358 g/mol. The van der Waals surface area contributed by atoms with Crippen LogP contribution in [-0.2, 0) is 19.1 Å². The average Bonchev–Trinajstić information content (AvgIpc) is 3.01. The van der Waals surface area contributed by atoms with Crippen LogP contribution >= 0.6 is 0 Å². The molecule has 26 heavy (non-hydrogen) atoms. The summed E-state index contributed by atoms with van der Waals surface area (Å²) in [5.41, 5.74) is -1.76. The van der Waals surface area contributed by atoms with E-state index in [1.54, 1.807) is 6.92 Å². The topological polar surface area (TPSA) is 80.7 Å². The summed E-state index contributed by atoms with van der Waals surface area (Å²) in [6, 6.07) is 0. The lowest BCUT2D eigenvalue weighted by Crippen LogP contribution is -2.60. The summed E-state index contributed by atoms with van der Waals surface area (Å²) in [5, 5.41) is 11.1. The molecule has 0 heterocycles. The Morgan fingerprint density at radius 1 is 1.15 bits per heavy atom. The van der Waals surface area contributed by atoms with E-state index >= 15 is 0 Å². The van der Waals surface area contributed by atoms with E-state index < -0.39 is 22.2 Å². The molecule has 1 spiro atoms. The number of ether oxygens (including phenoxy) is 1. The molecule has 0 aromatic rings. The summed E-state index contributed by atoms with van der Waals surface area (Å²) < 4.78 is 4.99. The fourth-order valence-corrected chi connectivity index (χ4v) is 8.18. The highest BCUT2D eigenvalue weighted by atomic mass is 16.5. The predicted molar refractivity (Wildman–Crippen MR) is 92.0 cm³/mol. The molecule has 0 saturated heterocycles. The van der Waals surface area contributed by atoms with Gasteiger partial charge < -0.3 is 9.84 Å². The van der Waals surface area contributed by atoms with Crippen molar-refractivity contribution >= 4 is 17.5 Å². The second-order valence-electron chi connectivity index (χ2n) is 10.2. The van der Waals surface area contributed by atoms with E-state index in [2.05, 4.69) is 6.92 Å². The second-order valence-corrected chi connectivity index (χ2v) is 10.2. The maximum atomic E-state index is 13.4. The third-order valence-corrected chi connectivity index (χ3v) is 9.05. The fourth-order valence-electron chi connectivity index (χ4n) is 8.18. The Morgan fingerprint density at radius 2 is 1.85 bits per heavy atom. The number of methoxy groups -OCH3 is 1. The van der Waals surface area contributed by atoms with Crippen molar-refractivity contribution in [3.05, 3.63) is 11.3 Å². The third-order valence-electron chi connectivity index (χ3n) is 9.05. The first-order valence-electron chi connectivity index (χ1n) is 9.64. The minimum absolute atomic E-state index is 0.00851. The molecule has 5 nitrogen and oxygen atoms in total. The minimum atomic E-state index is -1.26. The Bertz CT molecular complexity index is 826. The number of allylic oxidation sites excluding steroid dienone is 1. The van der Waals surface area contributed by atoms with Crippen molar-refractivity contribution in [3.8, 4) is 0 Å². The predicted octanol–water partition coefficient (Wildman–Crippen LogP) is 2.98. The van der Waals surface area contributed by atoms with Gasteiger partial charge in [-0.2, -0.15) is 0 Å². The van der Waals surface area contributed by atoms with Crippen molar-refractivity contribution in [3.63, 3.8) is 0 Å².